The summed E-state index contributed by atoms with van der Waals surface area (Å²) in [6.07, 6.45) is -0.469. The van der Waals surface area contributed by atoms with Crippen LogP contribution in [0.4, 0.5) is 24.8 Å². The highest BCUT2D eigenvalue weighted by Crippen LogP contribution is 2.35. The van der Waals surface area contributed by atoms with Crippen LogP contribution < -0.4 is 9.62 Å². The Morgan fingerprint density at radius 2 is 1.32 bits per heavy atom. The Bertz CT molecular complexity index is 1720. The second-order valence-electron chi connectivity index (χ2n) is 9.08. The standard InChI is InChI=1S/C30H24F3N5O2S/c31-30(32,33)25-10-4-5-11-26(25)41(39,40)37-29-28(35-18-19-36-29)24-15-13-23(14-16-24)21-38(27-12-6-7-17-34-27)20-22-8-2-1-3-9-22/h1-19H,20-21H2,(H,36,37). The number of hydrogen-bond acceptors (Lipinski definition) is 6. The van der Waals surface area contributed by atoms with Gasteiger partial charge in [0.2, 0.25) is 0 Å². The largest absolute Gasteiger partial charge is 0.417 e. The van der Waals surface area contributed by atoms with Gasteiger partial charge >= 0.3 is 6.18 Å². The highest BCUT2D eigenvalue weighted by molar-refractivity contribution is 7.92. The van der Waals surface area contributed by atoms with Gasteiger partial charge in [-0.3, -0.25) is 9.71 Å². The fraction of sp³-hybridized carbons (Fsp3) is 0.100. The van der Waals surface area contributed by atoms with Gasteiger partial charge in [0.25, 0.3) is 10.0 Å². The molecule has 1 N–H and O–H groups in total. The fourth-order valence-electron chi connectivity index (χ4n) is 4.29. The summed E-state index contributed by atoms with van der Waals surface area (Å²) in [4.78, 5) is 14.1. The molecule has 0 aliphatic rings. The monoisotopic (exact) mass is 575 g/mol. The number of sulfonamides is 1. The zero-order chi connectivity index (χ0) is 28.9. The van der Waals surface area contributed by atoms with Crippen LogP contribution in [0.2, 0.25) is 0 Å². The van der Waals surface area contributed by atoms with Crippen LogP contribution in [0.3, 0.4) is 0 Å². The third-order valence-corrected chi connectivity index (χ3v) is 7.60. The lowest BCUT2D eigenvalue weighted by Gasteiger charge is -2.24. The van der Waals surface area contributed by atoms with E-state index in [-0.39, 0.29) is 11.5 Å². The van der Waals surface area contributed by atoms with E-state index in [1.807, 2.05) is 60.7 Å². The molecular formula is C30H24F3N5O2S. The number of benzene rings is 3. The van der Waals surface area contributed by atoms with E-state index in [9.17, 15) is 21.6 Å². The summed E-state index contributed by atoms with van der Waals surface area (Å²) >= 11 is 0. The molecule has 5 rings (SSSR count). The maximum atomic E-state index is 13.5. The Kier molecular flexibility index (Phi) is 7.97. The highest BCUT2D eigenvalue weighted by atomic mass is 32.2. The summed E-state index contributed by atoms with van der Waals surface area (Å²) < 4.78 is 68.7. The zero-order valence-corrected chi connectivity index (χ0v) is 22.3. The minimum atomic E-state index is -4.85. The first-order valence-electron chi connectivity index (χ1n) is 12.5. The van der Waals surface area contributed by atoms with Gasteiger partial charge in [0.15, 0.2) is 5.82 Å². The number of rotatable bonds is 9. The Hall–Kier alpha value is -4.77. The van der Waals surface area contributed by atoms with Crippen LogP contribution >= 0.6 is 0 Å². The summed E-state index contributed by atoms with van der Waals surface area (Å²) in [6.45, 7) is 1.18. The first-order valence-corrected chi connectivity index (χ1v) is 14.0. The van der Waals surface area contributed by atoms with Crippen molar-refractivity contribution in [1.29, 1.82) is 0 Å². The van der Waals surface area contributed by atoms with Crippen LogP contribution in [0.1, 0.15) is 16.7 Å². The smallest absolute Gasteiger partial charge is 0.348 e. The van der Waals surface area contributed by atoms with E-state index in [1.165, 1.54) is 18.5 Å². The first kappa shape index (κ1) is 27.8. The molecule has 11 heteroatoms. The summed E-state index contributed by atoms with van der Waals surface area (Å²) in [5, 5.41) is 0. The van der Waals surface area contributed by atoms with Gasteiger partial charge in [-0.25, -0.2) is 18.4 Å². The third kappa shape index (κ3) is 6.69. The van der Waals surface area contributed by atoms with Crippen molar-refractivity contribution in [3.63, 3.8) is 0 Å². The molecule has 2 aromatic heterocycles. The molecule has 0 unspecified atom stereocenters. The molecule has 0 spiro atoms. The quantitative estimate of drug-likeness (QED) is 0.214. The van der Waals surface area contributed by atoms with Crippen molar-refractivity contribution in [1.82, 2.24) is 15.0 Å². The molecule has 41 heavy (non-hydrogen) atoms. The lowest BCUT2D eigenvalue weighted by atomic mass is 10.1. The van der Waals surface area contributed by atoms with Crippen molar-refractivity contribution in [2.24, 2.45) is 0 Å². The highest BCUT2D eigenvalue weighted by Gasteiger charge is 2.37. The number of pyridine rings is 1. The predicted molar refractivity (Wildman–Crippen MR) is 150 cm³/mol. The van der Waals surface area contributed by atoms with E-state index in [0.717, 1.165) is 35.1 Å². The molecule has 0 fully saturated rings. The molecule has 0 saturated heterocycles. The van der Waals surface area contributed by atoms with Crippen LogP contribution in [0.15, 0.2) is 121 Å². The molecule has 0 atom stereocenters. The fourth-order valence-corrected chi connectivity index (χ4v) is 5.54. The second-order valence-corrected chi connectivity index (χ2v) is 10.7. The Morgan fingerprint density at radius 3 is 2.00 bits per heavy atom. The van der Waals surface area contributed by atoms with Crippen molar-refractivity contribution in [3.8, 4) is 11.3 Å². The van der Waals surface area contributed by atoms with Crippen molar-refractivity contribution >= 4 is 21.7 Å². The van der Waals surface area contributed by atoms with Crippen LogP contribution in [-0.4, -0.2) is 23.4 Å². The molecule has 2 heterocycles. The number of halogens is 3. The maximum absolute atomic E-state index is 13.5. The molecule has 3 aromatic carbocycles. The average Bonchev–Trinajstić information content (AvgIpc) is 2.98. The number of anilines is 2. The molecule has 0 aliphatic heterocycles. The normalized spacial score (nSPS) is 11.7. The maximum Gasteiger partial charge on any atom is 0.417 e. The Morgan fingerprint density at radius 1 is 0.683 bits per heavy atom. The van der Waals surface area contributed by atoms with E-state index >= 15 is 0 Å². The molecular weight excluding hydrogens is 551 g/mol. The minimum absolute atomic E-state index is 0.179. The van der Waals surface area contributed by atoms with Crippen LogP contribution in [-0.2, 0) is 29.3 Å². The van der Waals surface area contributed by atoms with E-state index < -0.39 is 26.7 Å². The van der Waals surface area contributed by atoms with Crippen LogP contribution in [0, 0.1) is 0 Å². The van der Waals surface area contributed by atoms with E-state index in [1.54, 1.807) is 18.3 Å². The number of nitrogens with one attached hydrogen (secondary N) is 1. The zero-order valence-electron chi connectivity index (χ0n) is 21.5. The molecule has 0 aliphatic carbocycles. The average molecular weight is 576 g/mol. The Balaban J connectivity index is 1.40. The van der Waals surface area contributed by atoms with Gasteiger partial charge in [-0.1, -0.05) is 72.8 Å². The van der Waals surface area contributed by atoms with Gasteiger partial charge in [-0.15, -0.1) is 0 Å². The third-order valence-electron chi connectivity index (χ3n) is 6.20. The number of aromatic nitrogens is 3. The number of nitrogens with zero attached hydrogens (tertiary/aromatic N) is 4. The lowest BCUT2D eigenvalue weighted by Crippen LogP contribution is -2.23. The van der Waals surface area contributed by atoms with Gasteiger partial charge < -0.3 is 4.90 Å². The van der Waals surface area contributed by atoms with Gasteiger partial charge in [0.05, 0.1) is 10.5 Å². The van der Waals surface area contributed by atoms with Gasteiger partial charge in [-0.2, -0.15) is 13.2 Å². The molecule has 0 amide bonds. The minimum Gasteiger partial charge on any atom is -0.348 e. The van der Waals surface area contributed by atoms with Crippen molar-refractivity contribution in [3.05, 3.63) is 132 Å². The summed E-state index contributed by atoms with van der Waals surface area (Å²) in [6, 6.07) is 27.0. The summed E-state index contributed by atoms with van der Waals surface area (Å²) in [5.41, 5.74) is 1.53. The molecule has 0 bridgehead atoms. The number of hydrogen-bond donors (Lipinski definition) is 1. The van der Waals surface area contributed by atoms with Crippen LogP contribution in [0.5, 0.6) is 0 Å². The SMILES string of the molecule is O=S(=O)(Nc1nccnc1-c1ccc(CN(Cc2ccccc2)c2ccccn2)cc1)c1ccccc1C(F)(F)F. The van der Waals surface area contributed by atoms with E-state index in [4.69, 9.17) is 0 Å². The van der Waals surface area contributed by atoms with Crippen molar-refractivity contribution in [2.45, 2.75) is 24.2 Å². The van der Waals surface area contributed by atoms with Crippen molar-refractivity contribution in [2.75, 3.05) is 9.62 Å². The lowest BCUT2D eigenvalue weighted by molar-refractivity contribution is -0.139. The molecule has 7 nitrogen and oxygen atoms in total. The van der Waals surface area contributed by atoms with Crippen molar-refractivity contribution < 1.29 is 21.6 Å². The topological polar surface area (TPSA) is 88.1 Å². The van der Waals surface area contributed by atoms with E-state index in [0.29, 0.717) is 18.7 Å². The Labute approximate surface area is 235 Å². The molecule has 0 radical (unpaired) electrons. The second kappa shape index (κ2) is 11.8. The summed E-state index contributed by atoms with van der Waals surface area (Å²) in [5.74, 6) is 0.626. The van der Waals surface area contributed by atoms with Gasteiger partial charge in [-0.05, 0) is 35.4 Å². The number of alkyl halides is 3. The molecule has 0 saturated carbocycles. The molecule has 5 aromatic rings. The molecule has 208 valence electrons. The van der Waals surface area contributed by atoms with Crippen LogP contribution in [0.25, 0.3) is 11.3 Å². The first-order chi connectivity index (χ1) is 19.7. The summed E-state index contributed by atoms with van der Waals surface area (Å²) in [7, 11) is -4.63. The van der Waals surface area contributed by atoms with Gasteiger partial charge in [0, 0.05) is 37.2 Å². The van der Waals surface area contributed by atoms with E-state index in [2.05, 4.69) is 24.6 Å². The predicted octanol–water partition coefficient (Wildman–Crippen LogP) is 6.57. The van der Waals surface area contributed by atoms with Gasteiger partial charge in [0.1, 0.15) is 11.5 Å².